The predicted molar refractivity (Wildman–Crippen MR) is 20.1 cm³/mol. The van der Waals surface area contributed by atoms with E-state index in [0.717, 1.165) is 0 Å². The molecule has 4 heavy (non-hydrogen) atoms. The van der Waals surface area contributed by atoms with Crippen molar-refractivity contribution in [3.63, 3.8) is 0 Å². The number of hydrogen-bond acceptors (Lipinski definition) is 0. The first-order valence-corrected chi connectivity index (χ1v) is 0. The van der Waals surface area contributed by atoms with Gasteiger partial charge >= 0.3 is 17.1 Å². The normalized spacial score (nSPS) is 0. The first-order valence-electron chi connectivity index (χ1n) is 0. The fraction of sp³-hybridized carbons (Fsp3) is 0. The largest absolute Gasteiger partial charge is 2.00 e. The maximum atomic E-state index is 0. The van der Waals surface area contributed by atoms with Crippen molar-refractivity contribution in [1.82, 2.24) is 0 Å². The quantitative estimate of drug-likeness (QED) is 0.342. The van der Waals surface area contributed by atoms with Gasteiger partial charge in [0.1, 0.15) is 0 Å². The topological polar surface area (TPSA) is 0 Å². The number of hydrogen-bond donors (Lipinski definition) is 0. The molecule has 0 rings (SSSR count). The smallest absolute Gasteiger partial charge is 0.358 e. The molecule has 1 radical (unpaired) electrons. The van der Waals surface area contributed by atoms with Gasteiger partial charge in [-0.15, -0.1) is 12.4 Å². The maximum Gasteiger partial charge on any atom is 2.00 e. The van der Waals surface area contributed by atoms with Crippen LogP contribution in [0.4, 0.5) is 0 Å². The van der Waals surface area contributed by atoms with E-state index in [2.05, 4.69) is 0 Å². The van der Waals surface area contributed by atoms with Gasteiger partial charge in [0.15, 0.2) is 0 Å². The van der Waals surface area contributed by atoms with E-state index in [-0.39, 0.29) is 44.3 Å². The van der Waals surface area contributed by atoms with E-state index >= 15 is 0 Å². The van der Waals surface area contributed by atoms with Gasteiger partial charge in [-0.1, -0.05) is 0 Å². The maximum absolute atomic E-state index is 0. The zero-order chi connectivity index (χ0) is 0. The van der Waals surface area contributed by atoms with Crippen LogP contribution in [0.1, 0.15) is 0 Å². The van der Waals surface area contributed by atoms with Crippen LogP contribution < -0.4 is 0 Å². The molecule has 0 aromatic heterocycles. The molecule has 0 bridgehead atoms. The van der Waals surface area contributed by atoms with Crippen LogP contribution in [0.15, 0.2) is 0 Å². The van der Waals surface area contributed by atoms with Gasteiger partial charge < -0.3 is 14.9 Å². The van der Waals surface area contributed by atoms with Crippen LogP contribution in [-0.4, -0.2) is 0 Å². The molecule has 0 N–H and O–H groups in total. The fourth-order valence-corrected chi connectivity index (χ4v) is 0. The first-order chi connectivity index (χ1) is 0. The Balaban J connectivity index is 0. The molecule has 0 aromatic rings. The average molecular weight is 130 g/mol. The molecular formula is C2H7ClCu. The van der Waals surface area contributed by atoms with Gasteiger partial charge in [0.25, 0.3) is 0 Å². The molecule has 0 atom stereocenters. The van der Waals surface area contributed by atoms with Crippen molar-refractivity contribution in [3.8, 4) is 0 Å². The second-order valence-electron chi connectivity index (χ2n) is 0. The van der Waals surface area contributed by atoms with E-state index in [1.165, 1.54) is 0 Å². The minimum atomic E-state index is 0. The fourth-order valence-electron chi connectivity index (χ4n) is 0. The molecule has 0 heterocycles. The molecule has 0 aliphatic heterocycles. The van der Waals surface area contributed by atoms with Crippen molar-refractivity contribution in [3.05, 3.63) is 14.9 Å². The Kier molecular flexibility index (Phi) is 1220. The van der Waals surface area contributed by atoms with Gasteiger partial charge in [-0.2, -0.15) is 0 Å². The van der Waals surface area contributed by atoms with Crippen molar-refractivity contribution in [2.75, 3.05) is 0 Å². The third kappa shape index (κ3) is 14.0. The summed E-state index contributed by atoms with van der Waals surface area (Å²) < 4.78 is 0. The molecule has 0 saturated heterocycles. The molecule has 0 amide bonds. The Hall–Kier alpha value is 0.809. The Labute approximate surface area is 44.9 Å². The van der Waals surface area contributed by atoms with Gasteiger partial charge in [0.2, 0.25) is 0 Å². The second-order valence-corrected chi connectivity index (χ2v) is 0. The standard InChI is InChI=1S/2CH3.ClH.Cu/h2*1H3;1H;/q2*-1;;+2. The van der Waals surface area contributed by atoms with Gasteiger partial charge in [0, 0.05) is 0 Å². The molecule has 0 fully saturated rings. The summed E-state index contributed by atoms with van der Waals surface area (Å²) in [5.41, 5.74) is 0. The van der Waals surface area contributed by atoms with Gasteiger partial charge in [-0.05, 0) is 0 Å². The molecule has 0 aliphatic carbocycles. The van der Waals surface area contributed by atoms with E-state index in [9.17, 15) is 0 Å². The van der Waals surface area contributed by atoms with Crippen LogP contribution >= 0.6 is 12.4 Å². The number of rotatable bonds is 0. The van der Waals surface area contributed by atoms with Crippen LogP contribution in [0.25, 0.3) is 0 Å². The zero-order valence-electron chi connectivity index (χ0n) is 2.71. The Morgan fingerprint density at radius 2 is 0.750 bits per heavy atom. The molecule has 33 valence electrons. The molecule has 2 heteroatoms. The Morgan fingerprint density at radius 3 is 0.750 bits per heavy atom. The monoisotopic (exact) mass is 129 g/mol. The van der Waals surface area contributed by atoms with E-state index in [4.69, 9.17) is 0 Å². The van der Waals surface area contributed by atoms with E-state index in [1.807, 2.05) is 0 Å². The summed E-state index contributed by atoms with van der Waals surface area (Å²) >= 11 is 0. The van der Waals surface area contributed by atoms with Crippen LogP contribution in [0.5, 0.6) is 0 Å². The van der Waals surface area contributed by atoms with Crippen LogP contribution in [0.3, 0.4) is 0 Å². The molecule has 0 aromatic carbocycles. The van der Waals surface area contributed by atoms with Crippen molar-refractivity contribution < 1.29 is 17.1 Å². The average Bonchev–Trinajstić information content (AvgIpc) is 0. The molecule has 0 spiro atoms. The summed E-state index contributed by atoms with van der Waals surface area (Å²) in [7, 11) is 0. The van der Waals surface area contributed by atoms with Gasteiger partial charge in [-0.25, -0.2) is 0 Å². The van der Waals surface area contributed by atoms with Gasteiger partial charge in [0.05, 0.1) is 0 Å². The molecule has 0 nitrogen and oxygen atoms in total. The second kappa shape index (κ2) is 45.9. The summed E-state index contributed by atoms with van der Waals surface area (Å²) in [4.78, 5) is 0. The molecule has 0 unspecified atom stereocenters. The first kappa shape index (κ1) is 107. The summed E-state index contributed by atoms with van der Waals surface area (Å²) in [6.45, 7) is 0. The van der Waals surface area contributed by atoms with Crippen molar-refractivity contribution in [1.29, 1.82) is 0 Å². The third-order valence-electron chi connectivity index (χ3n) is 0. The SMILES string of the molecule is Cl.[CH3-].[CH3-].[Cu+2]. The van der Waals surface area contributed by atoms with E-state index < -0.39 is 0 Å². The minimum absolute atomic E-state index is 0. The molecule has 0 saturated carbocycles. The third-order valence-corrected chi connectivity index (χ3v) is 0. The summed E-state index contributed by atoms with van der Waals surface area (Å²) in [5, 5.41) is 0. The van der Waals surface area contributed by atoms with Crippen LogP contribution in [0, 0.1) is 14.9 Å². The van der Waals surface area contributed by atoms with E-state index in [1.54, 1.807) is 0 Å². The van der Waals surface area contributed by atoms with E-state index in [0.29, 0.717) is 0 Å². The van der Waals surface area contributed by atoms with Crippen molar-refractivity contribution >= 4 is 12.4 Å². The zero-order valence-corrected chi connectivity index (χ0v) is 4.47. The Bertz CT molecular complexity index is 6.00. The Morgan fingerprint density at radius 1 is 0.750 bits per heavy atom. The van der Waals surface area contributed by atoms with Crippen molar-refractivity contribution in [2.45, 2.75) is 0 Å². The predicted octanol–water partition coefficient (Wildman–Crippen LogP) is 1.32. The van der Waals surface area contributed by atoms with Gasteiger partial charge in [-0.3, -0.25) is 0 Å². The summed E-state index contributed by atoms with van der Waals surface area (Å²) in [5.74, 6) is 0. The minimum Gasteiger partial charge on any atom is -0.358 e. The van der Waals surface area contributed by atoms with Crippen molar-refractivity contribution in [2.24, 2.45) is 0 Å². The summed E-state index contributed by atoms with van der Waals surface area (Å²) in [6, 6.07) is 0. The molecule has 0 aliphatic rings. The van der Waals surface area contributed by atoms with Crippen LogP contribution in [0.2, 0.25) is 0 Å². The number of halogens is 1. The molecular weight excluding hydrogens is 123 g/mol. The summed E-state index contributed by atoms with van der Waals surface area (Å²) in [6.07, 6.45) is 0. The van der Waals surface area contributed by atoms with Crippen LogP contribution in [-0.2, 0) is 17.1 Å².